The van der Waals surface area contributed by atoms with Crippen molar-refractivity contribution in [3.05, 3.63) is 0 Å². The Labute approximate surface area is 123 Å². The van der Waals surface area contributed by atoms with Crippen molar-refractivity contribution < 1.29 is 0 Å². The minimum absolute atomic E-state index is 0.565. The smallest absolute Gasteiger partial charge is 0.191 e. The average Bonchev–Trinajstić information content (AvgIpc) is 3.14. The first-order chi connectivity index (χ1) is 9.76. The predicted molar refractivity (Wildman–Crippen MR) is 84.0 cm³/mol. The van der Waals surface area contributed by atoms with Gasteiger partial charge in [0, 0.05) is 38.3 Å². The fourth-order valence-electron chi connectivity index (χ4n) is 3.32. The molecule has 2 N–H and O–H groups in total. The molecule has 1 heterocycles. The van der Waals surface area contributed by atoms with Gasteiger partial charge in [-0.25, -0.2) is 0 Å². The van der Waals surface area contributed by atoms with Crippen molar-refractivity contribution in [3.8, 4) is 0 Å². The molecule has 0 aromatic heterocycles. The zero-order valence-corrected chi connectivity index (χ0v) is 13.1. The van der Waals surface area contributed by atoms with Crippen LogP contribution in [0.1, 0.15) is 46.0 Å². The van der Waals surface area contributed by atoms with Crippen LogP contribution in [0, 0.1) is 11.8 Å². The van der Waals surface area contributed by atoms with Gasteiger partial charge in [0.15, 0.2) is 5.96 Å². The van der Waals surface area contributed by atoms with Crippen molar-refractivity contribution in [2.24, 2.45) is 16.8 Å². The van der Waals surface area contributed by atoms with Crippen molar-refractivity contribution in [2.45, 2.75) is 58.0 Å². The maximum Gasteiger partial charge on any atom is 0.191 e. The molecule has 2 atom stereocenters. The van der Waals surface area contributed by atoms with Gasteiger partial charge in [-0.3, -0.25) is 9.89 Å². The second kappa shape index (κ2) is 6.33. The van der Waals surface area contributed by atoms with Crippen LogP contribution < -0.4 is 10.6 Å². The van der Waals surface area contributed by atoms with Crippen LogP contribution in [0.15, 0.2) is 4.99 Å². The Morgan fingerprint density at radius 2 is 2.00 bits per heavy atom. The lowest BCUT2D eigenvalue weighted by atomic mass is 9.86. The molecule has 3 fully saturated rings. The molecular formula is C16H30N4. The highest BCUT2D eigenvalue weighted by Gasteiger charge is 2.38. The van der Waals surface area contributed by atoms with E-state index < -0.39 is 0 Å². The van der Waals surface area contributed by atoms with E-state index >= 15 is 0 Å². The third kappa shape index (κ3) is 3.46. The van der Waals surface area contributed by atoms with E-state index in [-0.39, 0.29) is 0 Å². The maximum absolute atomic E-state index is 4.79. The van der Waals surface area contributed by atoms with Crippen molar-refractivity contribution in [1.29, 1.82) is 0 Å². The molecule has 1 aliphatic heterocycles. The molecule has 3 aliphatic rings. The van der Waals surface area contributed by atoms with Crippen molar-refractivity contribution in [2.75, 3.05) is 26.2 Å². The van der Waals surface area contributed by atoms with Crippen LogP contribution in [0.2, 0.25) is 0 Å². The molecule has 4 nitrogen and oxygen atoms in total. The molecule has 0 aromatic carbocycles. The fourth-order valence-corrected chi connectivity index (χ4v) is 3.32. The van der Waals surface area contributed by atoms with Crippen LogP contribution in [0.3, 0.4) is 0 Å². The van der Waals surface area contributed by atoms with Crippen LogP contribution in [0.4, 0.5) is 0 Å². The fraction of sp³-hybridized carbons (Fsp3) is 0.938. The molecule has 114 valence electrons. The van der Waals surface area contributed by atoms with Crippen LogP contribution >= 0.6 is 0 Å². The van der Waals surface area contributed by atoms with Gasteiger partial charge in [-0.2, -0.15) is 0 Å². The number of nitrogens with zero attached hydrogens (tertiary/aromatic N) is 2. The van der Waals surface area contributed by atoms with E-state index in [4.69, 9.17) is 4.99 Å². The first-order valence-electron chi connectivity index (χ1n) is 8.55. The summed E-state index contributed by atoms with van der Waals surface area (Å²) in [5.74, 6) is 2.60. The van der Waals surface area contributed by atoms with Crippen LogP contribution in [-0.2, 0) is 0 Å². The summed E-state index contributed by atoms with van der Waals surface area (Å²) in [5.41, 5.74) is 0. The summed E-state index contributed by atoms with van der Waals surface area (Å²) in [6.45, 7) is 8.92. The second-order valence-electron chi connectivity index (χ2n) is 6.93. The Morgan fingerprint density at radius 3 is 2.60 bits per heavy atom. The first kappa shape index (κ1) is 14.2. The molecule has 2 aliphatic carbocycles. The topological polar surface area (TPSA) is 39.7 Å². The molecule has 2 saturated carbocycles. The minimum Gasteiger partial charge on any atom is -0.357 e. The molecule has 0 radical (unpaired) electrons. The highest BCUT2D eigenvalue weighted by atomic mass is 15.3. The summed E-state index contributed by atoms with van der Waals surface area (Å²) >= 11 is 0. The highest BCUT2D eigenvalue weighted by molar-refractivity contribution is 5.80. The molecule has 4 heteroatoms. The van der Waals surface area contributed by atoms with Crippen LogP contribution in [0.25, 0.3) is 0 Å². The lowest BCUT2D eigenvalue weighted by Gasteiger charge is -2.25. The first-order valence-corrected chi connectivity index (χ1v) is 8.55. The molecule has 3 rings (SSSR count). The normalized spacial score (nSPS) is 32.2. The maximum atomic E-state index is 4.79. The van der Waals surface area contributed by atoms with E-state index in [1.165, 1.54) is 45.2 Å². The van der Waals surface area contributed by atoms with Gasteiger partial charge in [0.25, 0.3) is 0 Å². The number of nitrogens with one attached hydrogen (secondary N) is 2. The van der Waals surface area contributed by atoms with E-state index in [2.05, 4.69) is 29.4 Å². The lowest BCUT2D eigenvalue weighted by molar-refractivity contribution is 0.315. The van der Waals surface area contributed by atoms with E-state index in [1.807, 2.05) is 0 Å². The van der Waals surface area contributed by atoms with E-state index in [0.717, 1.165) is 36.9 Å². The Morgan fingerprint density at radius 1 is 1.20 bits per heavy atom. The highest BCUT2D eigenvalue weighted by Crippen LogP contribution is 2.31. The van der Waals surface area contributed by atoms with Gasteiger partial charge in [-0.1, -0.05) is 13.3 Å². The van der Waals surface area contributed by atoms with Gasteiger partial charge in [0.1, 0.15) is 0 Å². The van der Waals surface area contributed by atoms with Gasteiger partial charge in [-0.05, 0) is 44.4 Å². The molecule has 2 unspecified atom stereocenters. The average molecular weight is 278 g/mol. The standard InChI is InChI=1S/C16H30N4/c1-3-17-16(18-9-13-5-4-6-13)19-15-11-20(10-12(15)2)14-7-8-14/h12-15H,3-11H2,1-2H3,(H2,17,18,19). The van der Waals surface area contributed by atoms with Crippen LogP contribution in [0.5, 0.6) is 0 Å². The molecular weight excluding hydrogens is 248 g/mol. The number of hydrogen-bond donors (Lipinski definition) is 2. The van der Waals surface area contributed by atoms with E-state index in [0.29, 0.717) is 6.04 Å². The van der Waals surface area contributed by atoms with Gasteiger partial charge >= 0.3 is 0 Å². The lowest BCUT2D eigenvalue weighted by Crippen LogP contribution is -2.47. The Balaban J connectivity index is 1.51. The third-order valence-electron chi connectivity index (χ3n) is 5.10. The van der Waals surface area contributed by atoms with Crippen LogP contribution in [-0.4, -0.2) is 49.1 Å². The summed E-state index contributed by atoms with van der Waals surface area (Å²) < 4.78 is 0. The molecule has 0 bridgehead atoms. The largest absolute Gasteiger partial charge is 0.357 e. The van der Waals surface area contributed by atoms with Crippen molar-refractivity contribution in [1.82, 2.24) is 15.5 Å². The zero-order chi connectivity index (χ0) is 13.9. The van der Waals surface area contributed by atoms with Crippen molar-refractivity contribution in [3.63, 3.8) is 0 Å². The molecule has 0 spiro atoms. The molecule has 20 heavy (non-hydrogen) atoms. The van der Waals surface area contributed by atoms with Gasteiger partial charge < -0.3 is 10.6 Å². The monoisotopic (exact) mass is 278 g/mol. The summed E-state index contributed by atoms with van der Waals surface area (Å²) in [6, 6.07) is 1.45. The zero-order valence-electron chi connectivity index (χ0n) is 13.1. The summed E-state index contributed by atoms with van der Waals surface area (Å²) in [4.78, 5) is 7.46. The van der Waals surface area contributed by atoms with Gasteiger partial charge in [0.05, 0.1) is 0 Å². The summed E-state index contributed by atoms with van der Waals surface area (Å²) in [6.07, 6.45) is 6.97. The second-order valence-corrected chi connectivity index (χ2v) is 6.93. The number of aliphatic imine (C=N–C) groups is 1. The third-order valence-corrected chi connectivity index (χ3v) is 5.10. The summed E-state index contributed by atoms with van der Waals surface area (Å²) in [5, 5.41) is 7.09. The van der Waals surface area contributed by atoms with Gasteiger partial charge in [0.2, 0.25) is 0 Å². The molecule has 0 aromatic rings. The minimum atomic E-state index is 0.565. The number of hydrogen-bond acceptors (Lipinski definition) is 2. The van der Waals surface area contributed by atoms with Crippen molar-refractivity contribution >= 4 is 5.96 Å². The van der Waals surface area contributed by atoms with E-state index in [9.17, 15) is 0 Å². The summed E-state index contributed by atoms with van der Waals surface area (Å²) in [7, 11) is 0. The van der Waals surface area contributed by atoms with Gasteiger partial charge in [-0.15, -0.1) is 0 Å². The quantitative estimate of drug-likeness (QED) is 0.595. The SMILES string of the molecule is CCNC(=NCC1CCC1)NC1CN(C2CC2)CC1C. The Hall–Kier alpha value is -0.770. The number of guanidine groups is 1. The predicted octanol–water partition coefficient (Wildman–Crippen LogP) is 1.82. The molecule has 0 amide bonds. The number of likely N-dealkylation sites (tertiary alicyclic amines) is 1. The van der Waals surface area contributed by atoms with E-state index in [1.54, 1.807) is 0 Å². The Bertz CT molecular complexity index is 346. The number of rotatable bonds is 5. The Kier molecular flexibility index (Phi) is 4.49. The molecule has 1 saturated heterocycles.